The fourth-order valence-electron chi connectivity index (χ4n) is 6.25. The number of aryl methyl sites for hydroxylation is 2. The molecule has 4 nitrogen and oxygen atoms in total. The van der Waals surface area contributed by atoms with Gasteiger partial charge in [-0.05, 0) is 88.4 Å². The highest BCUT2D eigenvalue weighted by molar-refractivity contribution is 5.76. The van der Waals surface area contributed by atoms with Gasteiger partial charge in [-0.2, -0.15) is 0 Å². The maximum atomic E-state index is 12.2. The van der Waals surface area contributed by atoms with E-state index in [0.717, 1.165) is 47.7 Å². The number of nitrogens with zero attached hydrogens (tertiary/aromatic N) is 1. The summed E-state index contributed by atoms with van der Waals surface area (Å²) < 4.78 is 5.16. The van der Waals surface area contributed by atoms with Gasteiger partial charge in [-0.1, -0.05) is 5.16 Å². The Morgan fingerprint density at radius 1 is 1.17 bits per heavy atom. The van der Waals surface area contributed by atoms with Crippen molar-refractivity contribution in [2.75, 3.05) is 6.54 Å². The van der Waals surface area contributed by atoms with Crippen molar-refractivity contribution in [2.24, 2.45) is 23.2 Å². The van der Waals surface area contributed by atoms with Crippen LogP contribution in [0.5, 0.6) is 0 Å². The van der Waals surface area contributed by atoms with Crippen LogP contribution in [0.15, 0.2) is 4.52 Å². The molecule has 132 valence electrons. The van der Waals surface area contributed by atoms with Crippen molar-refractivity contribution in [3.8, 4) is 0 Å². The van der Waals surface area contributed by atoms with Crippen LogP contribution in [0.1, 0.15) is 68.4 Å². The summed E-state index contributed by atoms with van der Waals surface area (Å²) in [5.74, 6) is 3.98. The molecule has 4 bridgehead atoms. The van der Waals surface area contributed by atoms with E-state index in [4.69, 9.17) is 4.52 Å². The fourth-order valence-corrected chi connectivity index (χ4v) is 6.25. The lowest BCUT2D eigenvalue weighted by atomic mass is 9.49. The highest BCUT2D eigenvalue weighted by atomic mass is 16.5. The Balaban J connectivity index is 1.23. The third-order valence-electron chi connectivity index (χ3n) is 6.93. The quantitative estimate of drug-likeness (QED) is 0.859. The summed E-state index contributed by atoms with van der Waals surface area (Å²) in [6.07, 6.45) is 11.2. The Labute approximate surface area is 144 Å². The third kappa shape index (κ3) is 3.12. The number of rotatable bonds is 6. The lowest BCUT2D eigenvalue weighted by Gasteiger charge is -2.57. The van der Waals surface area contributed by atoms with Crippen LogP contribution >= 0.6 is 0 Å². The number of hydrogen-bond donors (Lipinski definition) is 1. The van der Waals surface area contributed by atoms with Crippen LogP contribution in [0, 0.1) is 37.0 Å². The largest absolute Gasteiger partial charge is 0.361 e. The molecule has 0 aliphatic heterocycles. The number of carbonyl (C=O) groups excluding carboxylic acids is 1. The van der Waals surface area contributed by atoms with Gasteiger partial charge in [-0.3, -0.25) is 4.79 Å². The summed E-state index contributed by atoms with van der Waals surface area (Å²) >= 11 is 0. The number of carbonyl (C=O) groups is 1. The molecule has 1 N–H and O–H groups in total. The van der Waals surface area contributed by atoms with Crippen LogP contribution in [0.25, 0.3) is 0 Å². The Hall–Kier alpha value is -1.32. The van der Waals surface area contributed by atoms with Gasteiger partial charge in [0.1, 0.15) is 5.76 Å². The zero-order valence-corrected chi connectivity index (χ0v) is 15.1. The number of nitrogens with one attached hydrogen (secondary N) is 1. The number of amides is 1. The second-order valence-corrected chi connectivity index (χ2v) is 8.82. The number of aromatic nitrogens is 1. The Bertz CT molecular complexity index is 564. The topological polar surface area (TPSA) is 55.1 Å². The molecule has 0 radical (unpaired) electrons. The van der Waals surface area contributed by atoms with E-state index in [0.29, 0.717) is 11.8 Å². The minimum atomic E-state index is 0.166. The first kappa shape index (κ1) is 16.2. The molecule has 4 aliphatic rings. The first-order chi connectivity index (χ1) is 11.5. The van der Waals surface area contributed by atoms with Crippen molar-refractivity contribution in [2.45, 2.75) is 71.6 Å². The van der Waals surface area contributed by atoms with Crippen LogP contribution in [-0.2, 0) is 11.2 Å². The molecule has 0 spiro atoms. The second kappa shape index (κ2) is 6.20. The minimum Gasteiger partial charge on any atom is -0.361 e. The Kier molecular flexibility index (Phi) is 4.17. The molecule has 1 aromatic rings. The third-order valence-corrected chi connectivity index (χ3v) is 6.93. The van der Waals surface area contributed by atoms with Crippen molar-refractivity contribution in [3.05, 3.63) is 17.0 Å². The normalized spacial score (nSPS) is 33.8. The van der Waals surface area contributed by atoms with E-state index in [-0.39, 0.29) is 5.91 Å². The monoisotopic (exact) mass is 330 g/mol. The zero-order valence-electron chi connectivity index (χ0n) is 15.1. The van der Waals surface area contributed by atoms with Gasteiger partial charge in [-0.15, -0.1) is 0 Å². The molecular formula is C20H30N2O2. The summed E-state index contributed by atoms with van der Waals surface area (Å²) in [6.45, 7) is 4.71. The average Bonchev–Trinajstić information content (AvgIpc) is 2.82. The summed E-state index contributed by atoms with van der Waals surface area (Å²) in [7, 11) is 0. The van der Waals surface area contributed by atoms with Gasteiger partial charge in [0.2, 0.25) is 5.91 Å². The smallest absolute Gasteiger partial charge is 0.220 e. The van der Waals surface area contributed by atoms with Crippen molar-refractivity contribution in [1.82, 2.24) is 10.5 Å². The van der Waals surface area contributed by atoms with Crippen molar-refractivity contribution in [3.63, 3.8) is 0 Å². The average molecular weight is 330 g/mol. The lowest BCUT2D eigenvalue weighted by molar-refractivity contribution is -0.121. The van der Waals surface area contributed by atoms with Gasteiger partial charge >= 0.3 is 0 Å². The molecule has 4 saturated carbocycles. The highest BCUT2D eigenvalue weighted by Crippen LogP contribution is 2.61. The van der Waals surface area contributed by atoms with Gasteiger partial charge in [-0.25, -0.2) is 0 Å². The standard InChI is InChI=1S/C20H30N2O2/c1-13-18(14(2)24-22-13)3-4-19(23)21-6-5-20-10-15-7-16(11-20)9-17(8-15)12-20/h15-17H,3-12H2,1-2H3,(H,21,23). The zero-order chi connectivity index (χ0) is 16.7. The molecule has 5 rings (SSSR count). The second-order valence-electron chi connectivity index (χ2n) is 8.82. The van der Waals surface area contributed by atoms with Crippen LogP contribution in [0.4, 0.5) is 0 Å². The molecule has 4 heteroatoms. The molecular weight excluding hydrogens is 300 g/mol. The van der Waals surface area contributed by atoms with Gasteiger partial charge in [0.15, 0.2) is 0 Å². The molecule has 24 heavy (non-hydrogen) atoms. The van der Waals surface area contributed by atoms with E-state index in [9.17, 15) is 4.79 Å². The Morgan fingerprint density at radius 3 is 2.33 bits per heavy atom. The van der Waals surface area contributed by atoms with E-state index in [1.165, 1.54) is 44.9 Å². The molecule has 0 unspecified atom stereocenters. The van der Waals surface area contributed by atoms with E-state index >= 15 is 0 Å². The van der Waals surface area contributed by atoms with Gasteiger partial charge < -0.3 is 9.84 Å². The molecule has 1 heterocycles. The SMILES string of the molecule is Cc1noc(C)c1CCC(=O)NCCC12CC3CC(CC(C3)C1)C2. The van der Waals surface area contributed by atoms with Crippen molar-refractivity contribution >= 4 is 5.91 Å². The predicted molar refractivity (Wildman–Crippen MR) is 92.5 cm³/mol. The number of hydrogen-bond acceptors (Lipinski definition) is 3. The summed E-state index contributed by atoms with van der Waals surface area (Å²) in [6, 6.07) is 0. The van der Waals surface area contributed by atoms with Gasteiger partial charge in [0.05, 0.1) is 5.69 Å². The van der Waals surface area contributed by atoms with E-state index in [1.54, 1.807) is 0 Å². The molecule has 4 aliphatic carbocycles. The maximum Gasteiger partial charge on any atom is 0.220 e. The Morgan fingerprint density at radius 2 is 1.79 bits per heavy atom. The fraction of sp³-hybridized carbons (Fsp3) is 0.800. The summed E-state index contributed by atoms with van der Waals surface area (Å²) in [4.78, 5) is 12.2. The molecule has 1 amide bonds. The van der Waals surface area contributed by atoms with Crippen LogP contribution in [0.2, 0.25) is 0 Å². The molecule has 0 aromatic carbocycles. The van der Waals surface area contributed by atoms with Crippen molar-refractivity contribution < 1.29 is 9.32 Å². The van der Waals surface area contributed by atoms with Crippen LogP contribution in [-0.4, -0.2) is 17.6 Å². The van der Waals surface area contributed by atoms with Gasteiger partial charge in [0, 0.05) is 18.5 Å². The molecule has 0 atom stereocenters. The van der Waals surface area contributed by atoms with E-state index < -0.39 is 0 Å². The first-order valence-electron chi connectivity index (χ1n) is 9.71. The first-order valence-corrected chi connectivity index (χ1v) is 9.71. The molecule has 4 fully saturated rings. The lowest BCUT2D eigenvalue weighted by Crippen LogP contribution is -2.47. The van der Waals surface area contributed by atoms with Crippen LogP contribution in [0.3, 0.4) is 0 Å². The summed E-state index contributed by atoms with van der Waals surface area (Å²) in [5.41, 5.74) is 2.56. The van der Waals surface area contributed by atoms with E-state index in [2.05, 4.69) is 10.5 Å². The van der Waals surface area contributed by atoms with Crippen LogP contribution < -0.4 is 5.32 Å². The van der Waals surface area contributed by atoms with Crippen molar-refractivity contribution in [1.29, 1.82) is 0 Å². The van der Waals surface area contributed by atoms with Gasteiger partial charge in [0.25, 0.3) is 0 Å². The maximum absolute atomic E-state index is 12.2. The molecule has 0 saturated heterocycles. The summed E-state index contributed by atoms with van der Waals surface area (Å²) in [5, 5.41) is 7.12. The minimum absolute atomic E-state index is 0.166. The highest BCUT2D eigenvalue weighted by Gasteiger charge is 2.50. The van der Waals surface area contributed by atoms with E-state index in [1.807, 2.05) is 13.8 Å². The predicted octanol–water partition coefficient (Wildman–Crippen LogP) is 3.95. The molecule has 1 aromatic heterocycles.